The largest absolute Gasteiger partial charge is 0.459 e. The van der Waals surface area contributed by atoms with Crippen LogP contribution in [0.5, 0.6) is 0 Å². The van der Waals surface area contributed by atoms with Gasteiger partial charge in [-0.3, -0.25) is 10.2 Å². The fourth-order valence-corrected chi connectivity index (χ4v) is 6.80. The highest BCUT2D eigenvalue weighted by Crippen LogP contribution is 2.37. The molecule has 0 saturated carbocycles. The molecule has 11 heteroatoms. The van der Waals surface area contributed by atoms with Crippen molar-refractivity contribution in [3.8, 4) is 0 Å². The van der Waals surface area contributed by atoms with Gasteiger partial charge in [0, 0.05) is 17.9 Å². The van der Waals surface area contributed by atoms with Crippen molar-refractivity contribution in [2.75, 3.05) is 14.1 Å². The molecule has 0 bridgehead atoms. The number of aliphatic hydroxyl groups excluding tert-OH is 2. The SMILES string of the molecule is CC[C@H]1OC(=O)[C@H](C)[C@@H](O)[C@H](C)[C@@H](OC2O[C@H](C)C[C@H](N(C)C)[C@H]2O)[C@@](C)(O)C[C@@H](C)C2=NC(=[NH2+])CCC2=C[C@]1(C)O. The van der Waals surface area contributed by atoms with Gasteiger partial charge in [0.1, 0.15) is 17.8 Å². The summed E-state index contributed by atoms with van der Waals surface area (Å²) in [4.78, 5) is 19.9. The van der Waals surface area contributed by atoms with Crippen LogP contribution in [0.2, 0.25) is 0 Å². The molecule has 240 valence electrons. The molecule has 0 aromatic heterocycles. The average molecular weight is 597 g/mol. The Morgan fingerprint density at radius 1 is 1.12 bits per heavy atom. The van der Waals surface area contributed by atoms with E-state index >= 15 is 0 Å². The van der Waals surface area contributed by atoms with E-state index in [1.54, 1.807) is 33.8 Å². The molecule has 3 heterocycles. The number of esters is 1. The van der Waals surface area contributed by atoms with Gasteiger partial charge in [-0.2, -0.15) is 0 Å². The number of allylic oxidation sites excluding steroid dienone is 1. The summed E-state index contributed by atoms with van der Waals surface area (Å²) in [5.74, 6) is -2.32. The van der Waals surface area contributed by atoms with E-state index in [1.807, 2.05) is 39.8 Å². The number of aliphatic imine (C=N–C) groups is 1. The van der Waals surface area contributed by atoms with E-state index in [0.717, 1.165) is 5.57 Å². The van der Waals surface area contributed by atoms with Crippen LogP contribution in [0.25, 0.3) is 0 Å². The minimum Gasteiger partial charge on any atom is -0.459 e. The second-order valence-corrected chi connectivity index (χ2v) is 13.4. The quantitative estimate of drug-likeness (QED) is 0.292. The van der Waals surface area contributed by atoms with Gasteiger partial charge in [-0.15, -0.1) is 0 Å². The number of amidine groups is 1. The predicted octanol–water partition coefficient (Wildman–Crippen LogP) is 0.613. The maximum Gasteiger partial charge on any atom is 0.311 e. The Kier molecular flexibility index (Phi) is 11.2. The van der Waals surface area contributed by atoms with E-state index < -0.39 is 59.7 Å². The van der Waals surface area contributed by atoms with Crippen LogP contribution in [0.3, 0.4) is 0 Å². The van der Waals surface area contributed by atoms with Gasteiger partial charge in [-0.1, -0.05) is 25.8 Å². The van der Waals surface area contributed by atoms with Gasteiger partial charge in [-0.25, -0.2) is 0 Å². The molecule has 3 aliphatic rings. The first kappa shape index (κ1) is 34.8. The van der Waals surface area contributed by atoms with Crippen LogP contribution in [0.1, 0.15) is 80.6 Å². The third kappa shape index (κ3) is 7.67. The highest BCUT2D eigenvalue weighted by molar-refractivity contribution is 6.09. The van der Waals surface area contributed by atoms with Crippen molar-refractivity contribution >= 4 is 17.5 Å². The summed E-state index contributed by atoms with van der Waals surface area (Å²) in [6.45, 7) is 12.1. The number of hydrogen-bond acceptors (Lipinski definition) is 9. The molecule has 3 aliphatic heterocycles. The second kappa shape index (κ2) is 13.5. The molecule has 11 nitrogen and oxygen atoms in total. The highest BCUT2D eigenvalue weighted by atomic mass is 16.7. The van der Waals surface area contributed by atoms with E-state index in [9.17, 15) is 25.2 Å². The molecule has 0 spiro atoms. The minimum absolute atomic E-state index is 0.159. The van der Waals surface area contributed by atoms with Gasteiger partial charge in [-0.05, 0) is 79.1 Å². The van der Waals surface area contributed by atoms with E-state index in [4.69, 9.17) is 19.6 Å². The molecular weight excluding hydrogens is 542 g/mol. The number of carbonyl (C=O) groups excluding carboxylic acids is 1. The van der Waals surface area contributed by atoms with Crippen molar-refractivity contribution in [1.82, 2.24) is 4.90 Å². The maximum absolute atomic E-state index is 13.3. The van der Waals surface area contributed by atoms with Gasteiger partial charge in [0.2, 0.25) is 0 Å². The number of cyclic esters (lactones) is 1. The van der Waals surface area contributed by atoms with Crippen molar-refractivity contribution in [3.05, 3.63) is 11.6 Å². The number of nitrogens with zero attached hydrogens (tertiary/aromatic N) is 2. The monoisotopic (exact) mass is 596 g/mol. The van der Waals surface area contributed by atoms with Crippen LogP contribution in [0, 0.1) is 17.8 Å². The summed E-state index contributed by atoms with van der Waals surface area (Å²) in [6.07, 6.45) is -1.66. The molecular formula is C31H54N3O8+. The number of fused-ring (bicyclic) bond motifs is 1. The lowest BCUT2D eigenvalue weighted by Gasteiger charge is -2.46. The summed E-state index contributed by atoms with van der Waals surface area (Å²) in [5, 5.41) is 52.4. The smallest absolute Gasteiger partial charge is 0.311 e. The summed E-state index contributed by atoms with van der Waals surface area (Å²) in [6, 6.07) is -0.239. The standard InChI is InChI=1S/C31H53N3O8/c1-10-22-30(6,38)15-20-11-12-23(32)33-24(20)16(2)14-31(7,39)27(18(4)25(35)19(5)28(37)41-22)42-29-26(36)21(34(8)9)13-17(3)40-29/h15-19,21-22,25-27,29,32,35-36,38-39H,10-14H2,1-9H3/p+1/t16-,17-,18+,19-,21+,22-,25+,26-,27-,29?,30+,31+/m1/s1. The van der Waals surface area contributed by atoms with Crippen molar-refractivity contribution in [3.63, 3.8) is 0 Å². The van der Waals surface area contributed by atoms with Crippen LogP contribution in [-0.2, 0) is 19.0 Å². The van der Waals surface area contributed by atoms with Gasteiger partial charge in [0.15, 0.2) is 12.0 Å². The van der Waals surface area contributed by atoms with E-state index in [-0.39, 0.29) is 24.5 Å². The van der Waals surface area contributed by atoms with Crippen molar-refractivity contribution in [1.29, 1.82) is 0 Å². The maximum atomic E-state index is 13.3. The molecule has 1 saturated heterocycles. The normalized spacial score (nSPS) is 44.5. The van der Waals surface area contributed by atoms with Gasteiger partial charge in [0.25, 0.3) is 5.84 Å². The molecule has 42 heavy (non-hydrogen) atoms. The number of hydrogen-bond donors (Lipinski definition) is 5. The molecule has 0 aromatic rings. The Labute approximate surface area is 250 Å². The first-order valence-electron chi connectivity index (χ1n) is 15.3. The summed E-state index contributed by atoms with van der Waals surface area (Å²) in [5.41, 5.74) is -1.67. The van der Waals surface area contributed by atoms with Gasteiger partial charge < -0.3 is 39.5 Å². The number of aliphatic hydroxyl groups is 4. The van der Waals surface area contributed by atoms with Crippen LogP contribution in [0.15, 0.2) is 16.6 Å². The molecule has 0 aliphatic carbocycles. The predicted molar refractivity (Wildman–Crippen MR) is 159 cm³/mol. The molecule has 1 fully saturated rings. The van der Waals surface area contributed by atoms with Crippen LogP contribution in [-0.4, -0.2) is 111 Å². The molecule has 6 N–H and O–H groups in total. The van der Waals surface area contributed by atoms with Gasteiger partial charge in [0.05, 0.1) is 36.3 Å². The number of likely N-dealkylation sites (N-methyl/N-ethyl adjacent to an activating group) is 1. The van der Waals surface area contributed by atoms with Crippen molar-refractivity contribution < 1.29 is 44.8 Å². The fourth-order valence-electron chi connectivity index (χ4n) is 6.80. The third-order valence-corrected chi connectivity index (χ3v) is 9.25. The van der Waals surface area contributed by atoms with Crippen LogP contribution < -0.4 is 5.41 Å². The molecule has 3 rings (SSSR count). The third-order valence-electron chi connectivity index (χ3n) is 9.25. The molecule has 1 unspecified atom stereocenters. The first-order valence-corrected chi connectivity index (χ1v) is 15.3. The summed E-state index contributed by atoms with van der Waals surface area (Å²) >= 11 is 0. The molecule has 0 radical (unpaired) electrons. The Morgan fingerprint density at radius 3 is 2.36 bits per heavy atom. The van der Waals surface area contributed by atoms with Crippen molar-refractivity contribution in [2.45, 2.75) is 135 Å². The summed E-state index contributed by atoms with van der Waals surface area (Å²) in [7, 11) is 3.75. The number of ether oxygens (including phenoxy) is 3. The Bertz CT molecular complexity index is 1040. The van der Waals surface area contributed by atoms with E-state index in [1.165, 1.54) is 0 Å². The fraction of sp³-hybridized carbons (Fsp3) is 0.839. The first-order chi connectivity index (χ1) is 19.4. The minimum atomic E-state index is -1.57. The lowest BCUT2D eigenvalue weighted by molar-refractivity contribution is -0.298. The Hall–Kier alpha value is -1.73. The average Bonchev–Trinajstić information content (AvgIpc) is 2.90. The summed E-state index contributed by atoms with van der Waals surface area (Å²) < 4.78 is 18.3. The van der Waals surface area contributed by atoms with E-state index in [2.05, 4.69) is 4.99 Å². The number of rotatable bonds is 4. The van der Waals surface area contributed by atoms with Crippen LogP contribution >= 0.6 is 0 Å². The molecule has 12 atom stereocenters. The molecule has 0 aromatic carbocycles. The zero-order valence-corrected chi connectivity index (χ0v) is 26.8. The van der Waals surface area contributed by atoms with Crippen molar-refractivity contribution in [2.24, 2.45) is 22.7 Å². The van der Waals surface area contributed by atoms with Gasteiger partial charge >= 0.3 is 5.97 Å². The zero-order valence-electron chi connectivity index (χ0n) is 26.8. The lowest BCUT2D eigenvalue weighted by atomic mass is 9.75. The second-order valence-electron chi connectivity index (χ2n) is 13.4. The van der Waals surface area contributed by atoms with Crippen LogP contribution in [0.4, 0.5) is 0 Å². The lowest BCUT2D eigenvalue weighted by Crippen LogP contribution is -2.59. The molecule has 0 amide bonds. The Balaban J connectivity index is 2.10. The van der Waals surface area contributed by atoms with E-state index in [0.29, 0.717) is 37.2 Å². The topological polar surface area (TPSA) is 167 Å². The number of nitrogens with two attached hydrogens (primary N) is 1. The number of carbonyl (C=O) groups is 1. The Morgan fingerprint density at radius 2 is 1.76 bits per heavy atom. The zero-order chi connectivity index (χ0) is 31.7. The highest BCUT2D eigenvalue weighted by Gasteiger charge is 2.49.